The van der Waals surface area contributed by atoms with Gasteiger partial charge in [0.05, 0.1) is 6.61 Å². The number of aliphatic hydroxyl groups is 2. The van der Waals surface area contributed by atoms with Crippen LogP contribution in [0.4, 0.5) is 0 Å². The predicted molar refractivity (Wildman–Crippen MR) is 37.9 cm³/mol. The van der Waals surface area contributed by atoms with Crippen molar-refractivity contribution in [1.82, 2.24) is 0 Å². The van der Waals surface area contributed by atoms with Crippen LogP contribution in [-0.2, 0) is 4.74 Å². The summed E-state index contributed by atoms with van der Waals surface area (Å²) in [7, 11) is 0. The maximum atomic E-state index is 9.00. The van der Waals surface area contributed by atoms with Gasteiger partial charge in [0.25, 0.3) is 0 Å². The monoisotopic (exact) mass is 383 g/mol. The summed E-state index contributed by atoms with van der Waals surface area (Å²) in [4.78, 5) is 0. The first kappa shape index (κ1) is 14.2. The molecule has 0 spiro atoms. The molecular formula is C7H13O3U-. The molecule has 0 saturated carbocycles. The molecule has 0 radical (unpaired) electrons. The van der Waals surface area contributed by atoms with Gasteiger partial charge in [-0.3, -0.25) is 0 Å². The van der Waals surface area contributed by atoms with Gasteiger partial charge in [0.1, 0.15) is 0 Å². The Morgan fingerprint density at radius 1 is 1.55 bits per heavy atom. The van der Waals surface area contributed by atoms with Crippen molar-refractivity contribution < 1.29 is 46.1 Å². The summed E-state index contributed by atoms with van der Waals surface area (Å²) in [6.07, 6.45) is 1.22. The van der Waals surface area contributed by atoms with Crippen molar-refractivity contribution in [2.75, 3.05) is 6.61 Å². The topological polar surface area (TPSA) is 49.7 Å². The van der Waals surface area contributed by atoms with E-state index in [1.54, 1.807) is 0 Å². The number of hydrogen-bond acceptors (Lipinski definition) is 3. The Morgan fingerprint density at radius 2 is 2.09 bits per heavy atom. The first-order valence-corrected chi connectivity index (χ1v) is 3.10. The molecule has 1 aliphatic rings. The Hall–Kier alpha value is 0.672. The molecule has 0 aromatic heterocycles. The third kappa shape index (κ3) is 5.00. The SMILES string of the molecule is C=C.OCC1(O)CC[CH-]O1.[U]. The second-order valence-electron chi connectivity index (χ2n) is 1.93. The molecule has 1 fully saturated rings. The molecule has 1 rings (SSSR count). The van der Waals surface area contributed by atoms with Crippen LogP contribution in [-0.4, -0.2) is 22.6 Å². The van der Waals surface area contributed by atoms with Crippen LogP contribution in [0.2, 0.25) is 0 Å². The Labute approximate surface area is 90.8 Å². The quantitative estimate of drug-likeness (QED) is 0.511. The van der Waals surface area contributed by atoms with Crippen molar-refractivity contribution in [1.29, 1.82) is 0 Å². The van der Waals surface area contributed by atoms with Gasteiger partial charge < -0.3 is 14.9 Å². The van der Waals surface area contributed by atoms with E-state index in [1.807, 2.05) is 0 Å². The van der Waals surface area contributed by atoms with Gasteiger partial charge in [-0.1, -0.05) is 0 Å². The van der Waals surface area contributed by atoms with E-state index >= 15 is 0 Å². The molecule has 1 heterocycles. The minimum Gasteiger partial charge on any atom is -0.526 e. The largest absolute Gasteiger partial charge is 0.526 e. The molecule has 11 heavy (non-hydrogen) atoms. The summed E-state index contributed by atoms with van der Waals surface area (Å²) >= 11 is 0. The third-order valence-electron chi connectivity index (χ3n) is 1.20. The molecule has 1 atom stereocenters. The fourth-order valence-electron chi connectivity index (χ4n) is 0.674. The van der Waals surface area contributed by atoms with Crippen LogP contribution in [0.5, 0.6) is 0 Å². The summed E-state index contributed by atoms with van der Waals surface area (Å²) in [5.74, 6) is -1.26. The van der Waals surface area contributed by atoms with Gasteiger partial charge in [-0.15, -0.1) is 13.2 Å². The Bertz CT molecular complexity index is 91.7. The van der Waals surface area contributed by atoms with Gasteiger partial charge in [0.15, 0.2) is 5.79 Å². The maximum absolute atomic E-state index is 9.00. The summed E-state index contributed by atoms with van der Waals surface area (Å²) in [6.45, 7) is 7.19. The second-order valence-corrected chi connectivity index (χ2v) is 1.93. The molecule has 4 heteroatoms. The van der Waals surface area contributed by atoms with Gasteiger partial charge in [-0.2, -0.15) is 6.42 Å². The summed E-state index contributed by atoms with van der Waals surface area (Å²) in [6, 6.07) is 0. The standard InChI is InChI=1S/C5H9O3.C2H4.U/c6-4-5(7)2-1-3-8-5;1-2;/h3,6-7H,1-2,4H2;1-2H2;/q-1;;. The smallest absolute Gasteiger partial charge is 0.157 e. The number of aliphatic hydroxyl groups excluding tert-OH is 1. The first-order valence-electron chi connectivity index (χ1n) is 3.10. The molecule has 0 aromatic rings. The normalized spacial score (nSPS) is 28.2. The Kier molecular flexibility index (Phi) is 9.47. The van der Waals surface area contributed by atoms with Gasteiger partial charge in [-0.25, -0.2) is 6.61 Å². The van der Waals surface area contributed by atoms with E-state index in [4.69, 9.17) is 10.2 Å². The van der Waals surface area contributed by atoms with Gasteiger partial charge >= 0.3 is 0 Å². The van der Waals surface area contributed by atoms with Crippen LogP contribution in [0.25, 0.3) is 0 Å². The Balaban J connectivity index is 0. The van der Waals surface area contributed by atoms with Crippen LogP contribution in [0.15, 0.2) is 13.2 Å². The molecule has 0 aliphatic carbocycles. The molecule has 0 amide bonds. The van der Waals surface area contributed by atoms with E-state index < -0.39 is 5.79 Å². The van der Waals surface area contributed by atoms with Crippen molar-refractivity contribution >= 4 is 0 Å². The summed E-state index contributed by atoms with van der Waals surface area (Å²) in [5, 5.41) is 17.4. The molecule has 3 nitrogen and oxygen atoms in total. The fourth-order valence-corrected chi connectivity index (χ4v) is 0.674. The maximum Gasteiger partial charge on any atom is 0.157 e. The molecule has 1 unspecified atom stereocenters. The third-order valence-corrected chi connectivity index (χ3v) is 1.20. The Morgan fingerprint density at radius 3 is 2.27 bits per heavy atom. The number of ether oxygens (including phenoxy) is 1. The number of rotatable bonds is 1. The molecular weight excluding hydrogens is 370 g/mol. The fraction of sp³-hybridized carbons (Fsp3) is 0.571. The van der Waals surface area contributed by atoms with Crippen molar-refractivity contribution in [3.8, 4) is 0 Å². The van der Waals surface area contributed by atoms with Gasteiger partial charge in [-0.05, 0) is 6.42 Å². The number of hydrogen-bond donors (Lipinski definition) is 2. The van der Waals surface area contributed by atoms with E-state index in [0.29, 0.717) is 6.42 Å². The van der Waals surface area contributed by atoms with E-state index in [2.05, 4.69) is 17.9 Å². The van der Waals surface area contributed by atoms with Crippen molar-refractivity contribution in [2.45, 2.75) is 18.6 Å². The van der Waals surface area contributed by atoms with Crippen LogP contribution >= 0.6 is 0 Å². The minimum atomic E-state index is -1.26. The molecule has 64 valence electrons. The van der Waals surface area contributed by atoms with E-state index in [9.17, 15) is 0 Å². The van der Waals surface area contributed by atoms with Crippen LogP contribution in [0.3, 0.4) is 0 Å². The summed E-state index contributed by atoms with van der Waals surface area (Å²) < 4.78 is 4.67. The zero-order valence-corrected chi connectivity index (χ0v) is 10.6. The van der Waals surface area contributed by atoms with Crippen molar-refractivity contribution in [3.63, 3.8) is 0 Å². The average molecular weight is 383 g/mol. The van der Waals surface area contributed by atoms with Gasteiger partial charge in [0, 0.05) is 31.1 Å². The molecule has 2 N–H and O–H groups in total. The second kappa shape index (κ2) is 7.33. The van der Waals surface area contributed by atoms with Crippen molar-refractivity contribution in [3.05, 3.63) is 19.8 Å². The molecule has 0 aromatic carbocycles. The average Bonchev–Trinajstić information content (AvgIpc) is 2.42. The van der Waals surface area contributed by atoms with E-state index in [1.165, 1.54) is 6.61 Å². The van der Waals surface area contributed by atoms with Crippen molar-refractivity contribution in [2.24, 2.45) is 0 Å². The predicted octanol–water partition coefficient (Wildman–Crippen LogP) is 0.442. The van der Waals surface area contributed by atoms with Gasteiger partial charge in [0.2, 0.25) is 0 Å². The van der Waals surface area contributed by atoms with Crippen LogP contribution < -0.4 is 0 Å². The van der Waals surface area contributed by atoms with E-state index in [0.717, 1.165) is 6.42 Å². The van der Waals surface area contributed by atoms with Crippen LogP contribution in [0, 0.1) is 37.7 Å². The molecule has 1 saturated heterocycles. The molecule has 0 bridgehead atoms. The molecule has 1 aliphatic heterocycles. The zero-order chi connectivity index (χ0) is 8.04. The first-order chi connectivity index (χ1) is 4.77. The minimum absolute atomic E-state index is 0. The zero-order valence-electron chi connectivity index (χ0n) is 6.42. The summed E-state index contributed by atoms with van der Waals surface area (Å²) in [5.41, 5.74) is 0. The van der Waals surface area contributed by atoms with E-state index in [-0.39, 0.29) is 37.7 Å². The van der Waals surface area contributed by atoms with Crippen LogP contribution in [0.1, 0.15) is 12.8 Å².